The highest BCUT2D eigenvalue weighted by Gasteiger charge is 2.40. The van der Waals surface area contributed by atoms with Gasteiger partial charge in [-0.25, -0.2) is 0 Å². The van der Waals surface area contributed by atoms with E-state index in [-0.39, 0.29) is 18.9 Å². The molecule has 1 aliphatic heterocycles. The second kappa shape index (κ2) is 6.91. The van der Waals surface area contributed by atoms with Gasteiger partial charge in [0.05, 0.1) is 11.8 Å². The molecule has 0 bridgehead atoms. The number of aliphatic carboxylic acids is 1. The molecule has 1 aromatic rings. The molecule has 21 heavy (non-hydrogen) atoms. The van der Waals surface area contributed by atoms with Gasteiger partial charge in [0.25, 0.3) is 0 Å². The summed E-state index contributed by atoms with van der Waals surface area (Å²) in [6, 6.07) is 7.06. The van der Waals surface area contributed by atoms with Crippen molar-refractivity contribution in [1.29, 1.82) is 0 Å². The zero-order chi connectivity index (χ0) is 15.3. The van der Waals surface area contributed by atoms with Crippen LogP contribution in [0.4, 0.5) is 0 Å². The van der Waals surface area contributed by atoms with Crippen LogP contribution in [0.1, 0.15) is 18.4 Å². The average molecular weight is 312 g/mol. The van der Waals surface area contributed by atoms with Crippen molar-refractivity contribution in [2.24, 2.45) is 5.41 Å². The molecule has 0 unspecified atom stereocenters. The number of carboxylic acids is 1. The van der Waals surface area contributed by atoms with E-state index < -0.39 is 11.4 Å². The van der Waals surface area contributed by atoms with Crippen molar-refractivity contribution in [2.75, 3.05) is 19.8 Å². The van der Waals surface area contributed by atoms with Crippen LogP contribution in [0.5, 0.6) is 0 Å². The Morgan fingerprint density at radius 2 is 2.05 bits per heavy atom. The molecule has 1 aromatic carbocycles. The molecule has 1 aliphatic rings. The average Bonchev–Trinajstić information content (AvgIpc) is 2.46. The summed E-state index contributed by atoms with van der Waals surface area (Å²) >= 11 is 5.87. The van der Waals surface area contributed by atoms with Crippen molar-refractivity contribution in [3.63, 3.8) is 0 Å². The van der Waals surface area contributed by atoms with Crippen molar-refractivity contribution in [3.05, 3.63) is 34.9 Å². The first-order valence-electron chi connectivity index (χ1n) is 6.84. The predicted molar refractivity (Wildman–Crippen MR) is 78.3 cm³/mol. The Morgan fingerprint density at radius 3 is 2.67 bits per heavy atom. The van der Waals surface area contributed by atoms with Crippen LogP contribution in [0, 0.1) is 5.41 Å². The van der Waals surface area contributed by atoms with Gasteiger partial charge in [0.15, 0.2) is 0 Å². The number of hydrogen-bond donors (Lipinski definition) is 2. The Balaban J connectivity index is 1.91. The fourth-order valence-corrected chi connectivity index (χ4v) is 2.60. The molecule has 6 heteroatoms. The minimum atomic E-state index is -0.914. The summed E-state index contributed by atoms with van der Waals surface area (Å²) in [4.78, 5) is 23.4. The van der Waals surface area contributed by atoms with Gasteiger partial charge in [-0.1, -0.05) is 23.7 Å². The molecule has 1 amide bonds. The van der Waals surface area contributed by atoms with Crippen molar-refractivity contribution in [3.8, 4) is 0 Å². The lowest BCUT2D eigenvalue weighted by Gasteiger charge is -2.33. The lowest BCUT2D eigenvalue weighted by atomic mass is 9.80. The van der Waals surface area contributed by atoms with E-state index in [1.165, 1.54) is 0 Å². The number of amides is 1. The predicted octanol–water partition coefficient (Wildman–Crippen LogP) is 1.88. The van der Waals surface area contributed by atoms with Crippen LogP contribution in [0.3, 0.4) is 0 Å². The van der Waals surface area contributed by atoms with Gasteiger partial charge in [0.1, 0.15) is 0 Å². The van der Waals surface area contributed by atoms with E-state index in [0.29, 0.717) is 31.1 Å². The van der Waals surface area contributed by atoms with Gasteiger partial charge >= 0.3 is 5.97 Å². The van der Waals surface area contributed by atoms with Crippen LogP contribution < -0.4 is 5.32 Å². The Bertz CT molecular complexity index is 526. The smallest absolute Gasteiger partial charge is 0.311 e. The number of carbonyl (C=O) groups is 2. The second-order valence-corrected chi connectivity index (χ2v) is 5.72. The summed E-state index contributed by atoms with van der Waals surface area (Å²) in [7, 11) is 0. The quantitative estimate of drug-likeness (QED) is 0.870. The number of benzene rings is 1. The fraction of sp³-hybridized carbons (Fsp3) is 0.467. The highest BCUT2D eigenvalue weighted by molar-refractivity contribution is 6.30. The number of halogens is 1. The summed E-state index contributed by atoms with van der Waals surface area (Å²) in [5, 5.41) is 12.7. The van der Waals surface area contributed by atoms with E-state index in [0.717, 1.165) is 5.56 Å². The summed E-state index contributed by atoms with van der Waals surface area (Å²) < 4.78 is 5.20. The Hall–Kier alpha value is -1.59. The first-order valence-corrected chi connectivity index (χ1v) is 7.22. The van der Waals surface area contributed by atoms with Gasteiger partial charge in [-0.3, -0.25) is 9.59 Å². The molecule has 1 saturated heterocycles. The molecule has 1 fully saturated rings. The first kappa shape index (κ1) is 15.8. The number of hydrogen-bond acceptors (Lipinski definition) is 3. The molecule has 0 atom stereocenters. The molecule has 5 nitrogen and oxygen atoms in total. The number of ether oxygens (including phenoxy) is 1. The van der Waals surface area contributed by atoms with Crippen LogP contribution in [-0.4, -0.2) is 36.7 Å². The third-order valence-corrected chi connectivity index (χ3v) is 4.02. The lowest BCUT2D eigenvalue weighted by molar-refractivity contribution is -0.154. The molecule has 2 N–H and O–H groups in total. The molecule has 0 spiro atoms. The first-order chi connectivity index (χ1) is 10.0. The largest absolute Gasteiger partial charge is 0.481 e. The van der Waals surface area contributed by atoms with Crippen molar-refractivity contribution in [2.45, 2.75) is 19.3 Å². The van der Waals surface area contributed by atoms with Crippen LogP contribution in [-0.2, 0) is 20.7 Å². The number of rotatable bonds is 5. The number of nitrogens with one attached hydrogen (secondary N) is 1. The minimum absolute atomic E-state index is 0.130. The third kappa shape index (κ3) is 4.19. The summed E-state index contributed by atoms with van der Waals surface area (Å²) in [5.41, 5.74) is -0.112. The molecular weight excluding hydrogens is 294 g/mol. The Kier molecular flexibility index (Phi) is 5.20. The monoisotopic (exact) mass is 311 g/mol. The SMILES string of the molecule is O=C(Cc1cccc(Cl)c1)NCC1(C(=O)O)CCOCC1. The van der Waals surface area contributed by atoms with Gasteiger partial charge in [-0.05, 0) is 30.5 Å². The van der Waals surface area contributed by atoms with E-state index in [1.807, 2.05) is 6.07 Å². The maximum absolute atomic E-state index is 12.0. The van der Waals surface area contributed by atoms with Crippen molar-refractivity contribution >= 4 is 23.5 Å². The lowest BCUT2D eigenvalue weighted by Crippen LogP contribution is -2.46. The molecule has 0 aromatic heterocycles. The minimum Gasteiger partial charge on any atom is -0.481 e. The summed E-state index contributed by atoms with van der Waals surface area (Å²) in [6.07, 6.45) is 1.02. The molecule has 1 heterocycles. The van der Waals surface area contributed by atoms with Crippen LogP contribution in [0.15, 0.2) is 24.3 Å². The number of carbonyl (C=O) groups excluding carboxylic acids is 1. The van der Waals surface area contributed by atoms with Gasteiger partial charge in [0, 0.05) is 24.8 Å². The van der Waals surface area contributed by atoms with Gasteiger partial charge in [-0.15, -0.1) is 0 Å². The van der Waals surface area contributed by atoms with E-state index in [4.69, 9.17) is 16.3 Å². The van der Waals surface area contributed by atoms with Gasteiger partial charge in [-0.2, -0.15) is 0 Å². The zero-order valence-corrected chi connectivity index (χ0v) is 12.4. The van der Waals surface area contributed by atoms with Crippen LogP contribution >= 0.6 is 11.6 Å². The second-order valence-electron chi connectivity index (χ2n) is 5.28. The third-order valence-electron chi connectivity index (χ3n) is 3.78. The van der Waals surface area contributed by atoms with E-state index in [1.54, 1.807) is 18.2 Å². The maximum Gasteiger partial charge on any atom is 0.311 e. The highest BCUT2D eigenvalue weighted by atomic mass is 35.5. The molecule has 0 radical (unpaired) electrons. The zero-order valence-electron chi connectivity index (χ0n) is 11.6. The van der Waals surface area contributed by atoms with Crippen LogP contribution in [0.25, 0.3) is 0 Å². The Labute approximate surface area is 128 Å². The van der Waals surface area contributed by atoms with Crippen LogP contribution in [0.2, 0.25) is 5.02 Å². The topological polar surface area (TPSA) is 75.6 Å². The van der Waals surface area contributed by atoms with Crippen molar-refractivity contribution in [1.82, 2.24) is 5.32 Å². The maximum atomic E-state index is 12.0. The molecular formula is C15H18ClNO4. The number of carboxylic acid groups (broad SMARTS) is 1. The van der Waals surface area contributed by atoms with Crippen molar-refractivity contribution < 1.29 is 19.4 Å². The molecule has 2 rings (SSSR count). The van der Waals surface area contributed by atoms with Gasteiger partial charge in [0.2, 0.25) is 5.91 Å². The molecule has 0 saturated carbocycles. The summed E-state index contributed by atoms with van der Waals surface area (Å²) in [5.74, 6) is -1.08. The van der Waals surface area contributed by atoms with E-state index in [9.17, 15) is 14.7 Å². The fourth-order valence-electron chi connectivity index (χ4n) is 2.39. The standard InChI is InChI=1S/C15H18ClNO4/c16-12-3-1-2-11(8-12)9-13(18)17-10-15(14(19)20)4-6-21-7-5-15/h1-3,8H,4-7,9-10H2,(H,17,18)(H,19,20). The molecule has 0 aliphatic carbocycles. The molecule has 114 valence electrons. The van der Waals surface area contributed by atoms with E-state index in [2.05, 4.69) is 5.32 Å². The Morgan fingerprint density at radius 1 is 1.33 bits per heavy atom. The normalized spacial score (nSPS) is 17.2. The van der Waals surface area contributed by atoms with E-state index >= 15 is 0 Å². The summed E-state index contributed by atoms with van der Waals surface area (Å²) in [6.45, 7) is 0.956. The highest BCUT2D eigenvalue weighted by Crippen LogP contribution is 2.30. The van der Waals surface area contributed by atoms with Gasteiger partial charge < -0.3 is 15.2 Å².